The van der Waals surface area contributed by atoms with Gasteiger partial charge in [-0.2, -0.15) is 5.01 Å². The molecule has 2 saturated carbocycles. The van der Waals surface area contributed by atoms with Crippen molar-refractivity contribution in [3.63, 3.8) is 0 Å². The Morgan fingerprint density at radius 3 is 1.90 bits per heavy atom. The lowest BCUT2D eigenvalue weighted by molar-refractivity contribution is -0.154. The predicted molar refractivity (Wildman–Crippen MR) is 161 cm³/mol. The van der Waals surface area contributed by atoms with Crippen LogP contribution in [0.5, 0.6) is 5.75 Å². The Morgan fingerprint density at radius 1 is 0.786 bits per heavy atom. The second-order valence-corrected chi connectivity index (χ2v) is 13.1. The van der Waals surface area contributed by atoms with Crippen molar-refractivity contribution < 1.29 is 28.7 Å². The first kappa shape index (κ1) is 28.8. The summed E-state index contributed by atoms with van der Waals surface area (Å²) in [7, 11) is 0. The first-order valence-corrected chi connectivity index (χ1v) is 15.5. The third kappa shape index (κ3) is 4.99. The van der Waals surface area contributed by atoms with Crippen LogP contribution in [0.2, 0.25) is 5.02 Å². The van der Waals surface area contributed by atoms with E-state index < -0.39 is 47.9 Å². The van der Waals surface area contributed by atoms with E-state index in [0.29, 0.717) is 10.6 Å². The zero-order valence-corrected chi connectivity index (χ0v) is 25.8. The molecule has 0 unspecified atom stereocenters. The SMILES string of the molecule is O=C(CN(C(=O)c1ccc(Cl)cc1)N1C(=O)[C@@H]2[C@H]3C[C@@H]([C@H](Br)[C@H]3Br)[C@@H]2C1=O)c1ccc(OC(=O)c2ccccc2)cc1. The third-order valence-electron chi connectivity index (χ3n) is 8.22. The second-order valence-electron chi connectivity index (χ2n) is 10.6. The number of alkyl halides is 2. The summed E-state index contributed by atoms with van der Waals surface area (Å²) in [5, 5.41) is 2.24. The summed E-state index contributed by atoms with van der Waals surface area (Å²) < 4.78 is 5.39. The summed E-state index contributed by atoms with van der Waals surface area (Å²) in [5.74, 6) is -3.67. The van der Waals surface area contributed by atoms with Crippen LogP contribution in [0.4, 0.5) is 0 Å². The highest BCUT2D eigenvalue weighted by Gasteiger charge is 2.67. The van der Waals surface area contributed by atoms with Crippen LogP contribution >= 0.6 is 43.5 Å². The van der Waals surface area contributed by atoms with Crippen LogP contribution in [0.3, 0.4) is 0 Å². The van der Waals surface area contributed by atoms with Crippen LogP contribution in [0, 0.1) is 23.7 Å². The third-order valence-corrected chi connectivity index (χ3v) is 11.7. The van der Waals surface area contributed by atoms with Crippen molar-refractivity contribution >= 4 is 72.9 Å². The number of carbonyl (C=O) groups excluding carboxylic acids is 5. The van der Waals surface area contributed by atoms with Gasteiger partial charge in [-0.25, -0.2) is 9.80 Å². The van der Waals surface area contributed by atoms with E-state index in [1.807, 2.05) is 0 Å². The number of hydrazine groups is 1. The maximum absolute atomic E-state index is 13.7. The van der Waals surface area contributed by atoms with Gasteiger partial charge in [0.2, 0.25) is 0 Å². The van der Waals surface area contributed by atoms with Gasteiger partial charge in [0.15, 0.2) is 5.78 Å². The zero-order valence-electron chi connectivity index (χ0n) is 21.9. The Labute approximate surface area is 263 Å². The van der Waals surface area contributed by atoms with Gasteiger partial charge in [-0.1, -0.05) is 61.7 Å². The molecule has 0 N–H and O–H groups in total. The Hall–Kier alpha value is -3.34. The molecule has 1 aliphatic heterocycles. The van der Waals surface area contributed by atoms with Gasteiger partial charge in [-0.3, -0.25) is 19.2 Å². The van der Waals surface area contributed by atoms with Crippen molar-refractivity contribution in [3.05, 3.63) is 101 Å². The topological polar surface area (TPSA) is 101 Å². The van der Waals surface area contributed by atoms with E-state index in [1.165, 1.54) is 48.5 Å². The fourth-order valence-electron chi connectivity index (χ4n) is 6.22. The van der Waals surface area contributed by atoms with Gasteiger partial charge in [0.25, 0.3) is 17.7 Å². The maximum atomic E-state index is 13.7. The van der Waals surface area contributed by atoms with Crippen molar-refractivity contribution in [3.8, 4) is 5.75 Å². The predicted octanol–water partition coefficient (Wildman–Crippen LogP) is 5.58. The number of ether oxygens (including phenoxy) is 1. The van der Waals surface area contributed by atoms with E-state index in [9.17, 15) is 24.0 Å². The van der Waals surface area contributed by atoms with Gasteiger partial charge in [-0.05, 0) is 78.9 Å². The standard InChI is InChI=1S/C31H23Br2ClN2O6/c32-26-21-14-22(27(26)33)25-24(21)29(39)36(30(25)40)35(28(38)17-6-10-19(34)11-7-17)15-23(37)16-8-12-20(13-9-16)42-31(41)18-4-2-1-3-5-18/h1-13,21-22,24-27H,14-15H2/t21-,22-,24-,25+,26+,27+/m1/s1. The lowest BCUT2D eigenvalue weighted by Crippen LogP contribution is -2.52. The highest BCUT2D eigenvalue weighted by atomic mass is 79.9. The molecule has 214 valence electrons. The molecule has 3 fully saturated rings. The van der Waals surface area contributed by atoms with Crippen LogP contribution in [0.15, 0.2) is 78.9 Å². The molecule has 3 aromatic rings. The number of imide groups is 1. The minimum atomic E-state index is -0.673. The van der Waals surface area contributed by atoms with E-state index in [2.05, 4.69) is 31.9 Å². The van der Waals surface area contributed by atoms with Crippen LogP contribution in [0.25, 0.3) is 0 Å². The number of hydrogen-bond acceptors (Lipinski definition) is 6. The summed E-state index contributed by atoms with van der Waals surface area (Å²) in [6, 6.07) is 20.4. The van der Waals surface area contributed by atoms with Gasteiger partial charge >= 0.3 is 5.97 Å². The number of amides is 3. The number of rotatable bonds is 7. The van der Waals surface area contributed by atoms with Crippen LogP contribution in [-0.2, 0) is 9.59 Å². The monoisotopic (exact) mass is 712 g/mol. The van der Waals surface area contributed by atoms with Crippen LogP contribution in [0.1, 0.15) is 37.5 Å². The van der Waals surface area contributed by atoms with Gasteiger partial charge in [0.1, 0.15) is 12.3 Å². The fourth-order valence-corrected chi connectivity index (χ4v) is 8.22. The normalized spacial score (nSPS) is 25.8. The minimum Gasteiger partial charge on any atom is -0.423 e. The fraction of sp³-hybridized carbons (Fsp3) is 0.258. The molecule has 11 heteroatoms. The van der Waals surface area contributed by atoms with Crippen molar-refractivity contribution in [2.24, 2.45) is 23.7 Å². The smallest absolute Gasteiger partial charge is 0.343 e. The Morgan fingerprint density at radius 2 is 1.33 bits per heavy atom. The van der Waals surface area contributed by atoms with Gasteiger partial charge in [0.05, 0.1) is 17.4 Å². The average molecular weight is 715 g/mol. The van der Waals surface area contributed by atoms with Crippen LogP contribution in [-0.4, -0.2) is 55.7 Å². The van der Waals surface area contributed by atoms with Gasteiger partial charge < -0.3 is 4.74 Å². The molecule has 3 aliphatic rings. The number of halogens is 3. The van der Waals surface area contributed by atoms with Crippen molar-refractivity contribution in [2.45, 2.75) is 16.1 Å². The Balaban J connectivity index is 1.25. The first-order valence-electron chi connectivity index (χ1n) is 13.3. The molecule has 0 aromatic heterocycles. The summed E-state index contributed by atoms with van der Waals surface area (Å²) in [6.45, 7) is -0.549. The van der Waals surface area contributed by atoms with E-state index >= 15 is 0 Å². The molecule has 1 heterocycles. The zero-order chi connectivity index (χ0) is 29.7. The number of hydrogen-bond donors (Lipinski definition) is 0. The second kappa shape index (κ2) is 11.4. The minimum absolute atomic E-state index is 0.0250. The molecule has 0 radical (unpaired) electrons. The molecule has 1 saturated heterocycles. The quantitative estimate of drug-likeness (QED) is 0.104. The van der Waals surface area contributed by atoms with Gasteiger partial charge in [-0.15, -0.1) is 0 Å². The average Bonchev–Trinajstić information content (AvgIpc) is 3.61. The number of esters is 1. The Kier molecular flexibility index (Phi) is 7.80. The summed E-state index contributed by atoms with van der Waals surface area (Å²) >= 11 is 13.3. The highest BCUT2D eigenvalue weighted by Crippen LogP contribution is 2.60. The Bertz CT molecular complexity index is 1550. The molecule has 8 nitrogen and oxygen atoms in total. The van der Waals surface area contributed by atoms with E-state index in [0.717, 1.165) is 16.4 Å². The molecule has 2 bridgehead atoms. The lowest BCUT2D eigenvalue weighted by Gasteiger charge is -2.31. The molecular formula is C31H23Br2ClN2O6. The number of fused-ring (bicyclic) bond motifs is 5. The molecular weight excluding hydrogens is 692 g/mol. The molecule has 2 aliphatic carbocycles. The molecule has 6 atom stereocenters. The number of carbonyl (C=O) groups is 5. The van der Waals surface area contributed by atoms with Crippen molar-refractivity contribution in [1.29, 1.82) is 0 Å². The number of ketones is 1. The lowest BCUT2D eigenvalue weighted by atomic mass is 9.81. The number of Topliss-reactive ketones (excluding diaryl/α,β-unsaturated/α-hetero) is 1. The van der Waals surface area contributed by atoms with E-state index in [1.54, 1.807) is 30.3 Å². The molecule has 3 aromatic carbocycles. The van der Waals surface area contributed by atoms with Crippen LogP contribution < -0.4 is 4.74 Å². The summed E-state index contributed by atoms with van der Waals surface area (Å²) in [4.78, 5) is 67.1. The highest BCUT2D eigenvalue weighted by molar-refractivity contribution is 9.12. The first-order chi connectivity index (χ1) is 20.2. The number of nitrogens with zero attached hydrogens (tertiary/aromatic N) is 2. The van der Waals surface area contributed by atoms with Crippen molar-refractivity contribution in [1.82, 2.24) is 10.0 Å². The molecule has 0 spiro atoms. The molecule has 6 rings (SSSR count). The van der Waals surface area contributed by atoms with Gasteiger partial charge in [0, 0.05) is 25.8 Å². The maximum Gasteiger partial charge on any atom is 0.343 e. The van der Waals surface area contributed by atoms with Crippen molar-refractivity contribution in [2.75, 3.05) is 6.54 Å². The molecule has 42 heavy (non-hydrogen) atoms. The summed E-state index contributed by atoms with van der Waals surface area (Å²) in [6.07, 6.45) is 0.734. The number of benzene rings is 3. The summed E-state index contributed by atoms with van der Waals surface area (Å²) in [5.41, 5.74) is 0.765. The van der Waals surface area contributed by atoms with E-state index in [4.69, 9.17) is 16.3 Å². The largest absolute Gasteiger partial charge is 0.423 e. The van der Waals surface area contributed by atoms with E-state index in [-0.39, 0.29) is 38.4 Å². The molecule has 3 amide bonds.